The van der Waals surface area contributed by atoms with Crippen LogP contribution in [-0.2, 0) is 9.53 Å². The quantitative estimate of drug-likeness (QED) is 0.433. The predicted molar refractivity (Wildman–Crippen MR) is 51.3 cm³/mol. The van der Waals surface area contributed by atoms with Gasteiger partial charge in [0.2, 0.25) is 0 Å². The Hall–Kier alpha value is -0.910. The summed E-state index contributed by atoms with van der Waals surface area (Å²) in [7, 11) is 0. The summed E-state index contributed by atoms with van der Waals surface area (Å²) in [5, 5.41) is 25.4. The number of rotatable bonds is 4. The fourth-order valence-corrected chi connectivity index (χ4v) is 0.267. The predicted octanol–water partition coefficient (Wildman–Crippen LogP) is -0.337. The van der Waals surface area contributed by atoms with Gasteiger partial charge in [-0.2, -0.15) is 0 Å². The Morgan fingerprint density at radius 3 is 1.71 bits per heavy atom. The van der Waals surface area contributed by atoms with Crippen LogP contribution in [0.2, 0.25) is 0 Å². The standard InChI is InChI=1S/C5H12O3.C4H6O2/c1-5(2-6,3-7)4-8;1-3-6-4(2)5/h6-8H,2-4H2,1H3;3H,1H2,2H3. The summed E-state index contributed by atoms with van der Waals surface area (Å²) in [6, 6.07) is 0. The zero-order valence-corrected chi connectivity index (χ0v) is 8.56. The van der Waals surface area contributed by atoms with E-state index in [-0.39, 0.29) is 25.8 Å². The molecule has 0 amide bonds. The first-order valence-electron chi connectivity index (χ1n) is 4.06. The first-order valence-corrected chi connectivity index (χ1v) is 4.06. The first-order chi connectivity index (χ1) is 6.45. The van der Waals surface area contributed by atoms with Crippen LogP contribution in [0, 0.1) is 5.41 Å². The molecule has 0 atom stereocenters. The normalized spacial score (nSPS) is 9.79. The maximum absolute atomic E-state index is 9.75. The van der Waals surface area contributed by atoms with Gasteiger partial charge >= 0.3 is 5.97 Å². The lowest BCUT2D eigenvalue weighted by Gasteiger charge is -2.20. The van der Waals surface area contributed by atoms with Crippen molar-refractivity contribution in [3.05, 3.63) is 12.8 Å². The Morgan fingerprint density at radius 1 is 1.36 bits per heavy atom. The highest BCUT2D eigenvalue weighted by Crippen LogP contribution is 2.10. The molecule has 0 aromatic heterocycles. The second kappa shape index (κ2) is 8.68. The molecular formula is C9H18O5. The lowest BCUT2D eigenvalue weighted by molar-refractivity contribution is -0.135. The Balaban J connectivity index is 0. The van der Waals surface area contributed by atoms with Crippen molar-refractivity contribution < 1.29 is 24.9 Å². The van der Waals surface area contributed by atoms with Gasteiger partial charge in [-0.25, -0.2) is 0 Å². The number of hydrogen-bond acceptors (Lipinski definition) is 5. The van der Waals surface area contributed by atoms with Crippen molar-refractivity contribution in [2.24, 2.45) is 5.41 Å². The van der Waals surface area contributed by atoms with E-state index in [0.717, 1.165) is 6.26 Å². The van der Waals surface area contributed by atoms with Gasteiger partial charge in [0.15, 0.2) is 0 Å². The second-order valence-corrected chi connectivity index (χ2v) is 3.06. The molecule has 0 unspecified atom stereocenters. The van der Waals surface area contributed by atoms with Crippen LogP contribution in [0.15, 0.2) is 12.8 Å². The van der Waals surface area contributed by atoms with E-state index >= 15 is 0 Å². The number of hydrogen-bond donors (Lipinski definition) is 3. The summed E-state index contributed by atoms with van der Waals surface area (Å²) in [5.74, 6) is -0.329. The molecule has 0 aromatic rings. The summed E-state index contributed by atoms with van der Waals surface area (Å²) in [4.78, 5) is 9.75. The van der Waals surface area contributed by atoms with Crippen LogP contribution >= 0.6 is 0 Å². The van der Waals surface area contributed by atoms with Gasteiger partial charge in [0.25, 0.3) is 0 Å². The summed E-state index contributed by atoms with van der Waals surface area (Å²) < 4.78 is 4.17. The van der Waals surface area contributed by atoms with Gasteiger partial charge in [-0.1, -0.05) is 13.5 Å². The lowest BCUT2D eigenvalue weighted by atomic mass is 9.95. The molecule has 0 saturated heterocycles. The highest BCUT2D eigenvalue weighted by molar-refractivity contribution is 5.66. The van der Waals surface area contributed by atoms with E-state index in [0.29, 0.717) is 0 Å². The summed E-state index contributed by atoms with van der Waals surface area (Å²) in [5.41, 5.74) is -0.708. The molecular weight excluding hydrogens is 188 g/mol. The molecule has 0 aromatic carbocycles. The molecule has 0 spiro atoms. The Morgan fingerprint density at radius 2 is 1.71 bits per heavy atom. The zero-order valence-electron chi connectivity index (χ0n) is 8.56. The molecule has 0 fully saturated rings. The van der Waals surface area contributed by atoms with Crippen LogP contribution in [0.1, 0.15) is 13.8 Å². The van der Waals surface area contributed by atoms with E-state index in [1.807, 2.05) is 0 Å². The Labute approximate surface area is 83.6 Å². The molecule has 14 heavy (non-hydrogen) atoms. The van der Waals surface area contributed by atoms with E-state index in [1.54, 1.807) is 6.92 Å². The van der Waals surface area contributed by atoms with Crippen LogP contribution in [0.3, 0.4) is 0 Å². The zero-order chi connectivity index (χ0) is 11.6. The minimum absolute atomic E-state index is 0.181. The average molecular weight is 206 g/mol. The van der Waals surface area contributed by atoms with Crippen molar-refractivity contribution in [3.8, 4) is 0 Å². The molecule has 0 aliphatic carbocycles. The van der Waals surface area contributed by atoms with Crippen molar-refractivity contribution in [3.63, 3.8) is 0 Å². The summed E-state index contributed by atoms with van der Waals surface area (Å²) in [6.07, 6.45) is 1.10. The number of ether oxygens (including phenoxy) is 1. The molecule has 3 N–H and O–H groups in total. The smallest absolute Gasteiger partial charge is 0.307 e. The third-order valence-corrected chi connectivity index (χ3v) is 1.39. The maximum Gasteiger partial charge on any atom is 0.307 e. The topological polar surface area (TPSA) is 87.0 Å². The molecule has 0 bridgehead atoms. The Bertz CT molecular complexity index is 154. The van der Waals surface area contributed by atoms with Crippen LogP contribution in [0.5, 0.6) is 0 Å². The van der Waals surface area contributed by atoms with E-state index < -0.39 is 5.41 Å². The SMILES string of the molecule is C=COC(C)=O.CC(CO)(CO)CO. The summed E-state index contributed by atoms with van der Waals surface area (Å²) >= 11 is 0. The fourth-order valence-electron chi connectivity index (χ4n) is 0.267. The van der Waals surface area contributed by atoms with Crippen LogP contribution < -0.4 is 0 Å². The number of aliphatic hydroxyl groups is 3. The Kier molecular flexibility index (Phi) is 9.64. The van der Waals surface area contributed by atoms with Gasteiger partial charge in [-0.15, -0.1) is 0 Å². The number of carbonyl (C=O) groups excluding carboxylic acids is 1. The minimum atomic E-state index is -0.708. The van der Waals surface area contributed by atoms with Crippen molar-refractivity contribution in [1.29, 1.82) is 0 Å². The van der Waals surface area contributed by atoms with Gasteiger partial charge in [0.1, 0.15) is 0 Å². The molecule has 5 nitrogen and oxygen atoms in total. The maximum atomic E-state index is 9.75. The number of esters is 1. The second-order valence-electron chi connectivity index (χ2n) is 3.06. The van der Waals surface area contributed by atoms with Gasteiger partial charge in [0.05, 0.1) is 26.1 Å². The summed E-state index contributed by atoms with van der Waals surface area (Å²) in [6.45, 7) is 5.54. The largest absolute Gasteiger partial charge is 0.435 e. The monoisotopic (exact) mass is 206 g/mol. The lowest BCUT2D eigenvalue weighted by Crippen LogP contribution is -2.29. The van der Waals surface area contributed by atoms with Crippen molar-refractivity contribution in [1.82, 2.24) is 0 Å². The molecule has 5 heteroatoms. The third-order valence-electron chi connectivity index (χ3n) is 1.39. The molecule has 0 aliphatic heterocycles. The third kappa shape index (κ3) is 9.18. The van der Waals surface area contributed by atoms with Crippen LogP contribution in [-0.4, -0.2) is 41.1 Å². The van der Waals surface area contributed by atoms with E-state index in [1.165, 1.54) is 6.92 Å². The van der Waals surface area contributed by atoms with Gasteiger partial charge < -0.3 is 20.1 Å². The highest BCUT2D eigenvalue weighted by atomic mass is 16.5. The molecule has 0 aliphatic rings. The van der Waals surface area contributed by atoms with E-state index in [9.17, 15) is 4.79 Å². The van der Waals surface area contributed by atoms with E-state index in [2.05, 4.69) is 11.3 Å². The van der Waals surface area contributed by atoms with Crippen LogP contribution in [0.4, 0.5) is 0 Å². The molecule has 0 rings (SSSR count). The molecule has 0 heterocycles. The number of carbonyl (C=O) groups is 1. The van der Waals surface area contributed by atoms with Crippen molar-refractivity contribution >= 4 is 5.97 Å². The molecule has 84 valence electrons. The van der Waals surface area contributed by atoms with Crippen molar-refractivity contribution in [2.75, 3.05) is 19.8 Å². The average Bonchev–Trinajstić information content (AvgIpc) is 2.17. The minimum Gasteiger partial charge on any atom is -0.435 e. The van der Waals surface area contributed by atoms with Gasteiger partial charge in [0, 0.05) is 12.3 Å². The van der Waals surface area contributed by atoms with Crippen molar-refractivity contribution in [2.45, 2.75) is 13.8 Å². The first kappa shape index (κ1) is 15.6. The number of aliphatic hydroxyl groups excluding tert-OH is 3. The fraction of sp³-hybridized carbons (Fsp3) is 0.667. The van der Waals surface area contributed by atoms with Gasteiger partial charge in [-0.3, -0.25) is 4.79 Å². The molecule has 0 saturated carbocycles. The molecule has 0 radical (unpaired) electrons. The van der Waals surface area contributed by atoms with E-state index in [4.69, 9.17) is 15.3 Å². The van der Waals surface area contributed by atoms with Crippen LogP contribution in [0.25, 0.3) is 0 Å². The highest BCUT2D eigenvalue weighted by Gasteiger charge is 2.20. The van der Waals surface area contributed by atoms with Gasteiger partial charge in [-0.05, 0) is 0 Å².